The van der Waals surface area contributed by atoms with Crippen LogP contribution in [0.5, 0.6) is 11.5 Å². The van der Waals surface area contributed by atoms with Crippen molar-refractivity contribution < 1.29 is 23.9 Å². The van der Waals surface area contributed by atoms with E-state index in [-0.39, 0.29) is 30.2 Å². The number of thioether (sulfide) groups is 1. The number of benzene rings is 3. The van der Waals surface area contributed by atoms with Gasteiger partial charge in [0, 0.05) is 14.3 Å². The number of hydrogen-bond donors (Lipinski definition) is 1. The molecule has 0 radical (unpaired) electrons. The molecule has 11 heteroatoms. The number of carbonyl (C=O) groups excluding carboxylic acids is 3. The standard InChI is InChI=1S/C27H21BrClIN2O5S/c1-15-3-8-19(12-21(15)29)31-24(33)14-37-25-20(28)9-17(10-22(25)36-2)11-23-26(34)32(27(35)38-23)13-16-4-6-18(30)7-5-16/h3-12H,13-14H2,1-2H3,(H,31,33)/b23-11-. The van der Waals surface area contributed by atoms with Gasteiger partial charge in [0.1, 0.15) is 0 Å². The molecule has 0 unspecified atom stereocenters. The van der Waals surface area contributed by atoms with Gasteiger partial charge in [0.25, 0.3) is 17.1 Å². The van der Waals surface area contributed by atoms with E-state index < -0.39 is 0 Å². The van der Waals surface area contributed by atoms with Crippen molar-refractivity contribution in [3.63, 3.8) is 0 Å². The lowest BCUT2D eigenvalue weighted by atomic mass is 10.1. The Hall–Kier alpha value is -2.54. The number of hydrogen-bond acceptors (Lipinski definition) is 6. The number of ether oxygens (including phenoxy) is 2. The molecule has 3 amide bonds. The molecular weight excluding hydrogens is 707 g/mol. The summed E-state index contributed by atoms with van der Waals surface area (Å²) in [7, 11) is 1.47. The zero-order valence-corrected chi connectivity index (χ0v) is 25.5. The molecule has 4 rings (SSSR count). The number of nitrogens with one attached hydrogen (secondary N) is 1. The summed E-state index contributed by atoms with van der Waals surface area (Å²) in [4.78, 5) is 39.4. The molecule has 1 aliphatic rings. The second kappa shape index (κ2) is 12.5. The second-order valence-electron chi connectivity index (χ2n) is 8.23. The Morgan fingerprint density at radius 2 is 1.89 bits per heavy atom. The molecule has 3 aromatic rings. The highest BCUT2D eigenvalue weighted by Gasteiger charge is 2.35. The summed E-state index contributed by atoms with van der Waals surface area (Å²) in [6, 6.07) is 16.3. The van der Waals surface area contributed by atoms with Crippen LogP contribution in [0.25, 0.3) is 6.08 Å². The number of halogens is 3. The van der Waals surface area contributed by atoms with E-state index in [9.17, 15) is 14.4 Å². The van der Waals surface area contributed by atoms with Crippen molar-refractivity contribution in [2.75, 3.05) is 19.0 Å². The number of imide groups is 1. The molecule has 0 saturated carbocycles. The van der Waals surface area contributed by atoms with Crippen LogP contribution in [0.1, 0.15) is 16.7 Å². The minimum atomic E-state index is -0.371. The third-order valence-corrected chi connectivity index (χ3v) is 8.10. The van der Waals surface area contributed by atoms with Gasteiger partial charge in [-0.1, -0.05) is 29.8 Å². The van der Waals surface area contributed by atoms with Crippen molar-refractivity contribution in [1.82, 2.24) is 4.90 Å². The summed E-state index contributed by atoms with van der Waals surface area (Å²) in [6.45, 7) is 1.81. The van der Waals surface area contributed by atoms with E-state index >= 15 is 0 Å². The van der Waals surface area contributed by atoms with Crippen LogP contribution in [0, 0.1) is 10.5 Å². The first-order valence-corrected chi connectivity index (χ1v) is 14.3. The van der Waals surface area contributed by atoms with Gasteiger partial charge in [-0.2, -0.15) is 0 Å². The number of nitrogens with zero attached hydrogens (tertiary/aromatic N) is 1. The quantitative estimate of drug-likeness (QED) is 0.194. The highest BCUT2D eigenvalue weighted by molar-refractivity contribution is 14.1. The van der Waals surface area contributed by atoms with Gasteiger partial charge in [-0.3, -0.25) is 19.3 Å². The van der Waals surface area contributed by atoms with Crippen molar-refractivity contribution in [3.8, 4) is 11.5 Å². The van der Waals surface area contributed by atoms with Crippen molar-refractivity contribution in [2.24, 2.45) is 0 Å². The highest BCUT2D eigenvalue weighted by atomic mass is 127. The van der Waals surface area contributed by atoms with Crippen LogP contribution in [0.2, 0.25) is 5.02 Å². The zero-order valence-electron chi connectivity index (χ0n) is 20.2. The predicted octanol–water partition coefficient (Wildman–Crippen LogP) is 7.28. The normalized spacial score (nSPS) is 14.2. The first-order chi connectivity index (χ1) is 18.1. The fourth-order valence-electron chi connectivity index (χ4n) is 3.53. The number of anilines is 1. The first kappa shape index (κ1) is 28.5. The van der Waals surface area contributed by atoms with Crippen LogP contribution >= 0.6 is 61.9 Å². The Morgan fingerprint density at radius 1 is 1.16 bits per heavy atom. The van der Waals surface area contributed by atoms with Gasteiger partial charge >= 0.3 is 0 Å². The van der Waals surface area contributed by atoms with Crippen LogP contribution in [0.4, 0.5) is 10.5 Å². The Kier molecular flexibility index (Phi) is 9.40. The van der Waals surface area contributed by atoms with Crippen LogP contribution in [0.3, 0.4) is 0 Å². The summed E-state index contributed by atoms with van der Waals surface area (Å²) in [6.07, 6.45) is 1.63. The molecule has 0 bridgehead atoms. The van der Waals surface area contributed by atoms with Gasteiger partial charge < -0.3 is 14.8 Å². The molecule has 196 valence electrons. The maximum Gasteiger partial charge on any atom is 0.293 e. The zero-order chi connectivity index (χ0) is 27.4. The number of aryl methyl sites for hydroxylation is 1. The molecule has 0 spiro atoms. The van der Waals surface area contributed by atoms with Gasteiger partial charge in [0.05, 0.1) is 23.0 Å². The summed E-state index contributed by atoms with van der Waals surface area (Å²) in [5.74, 6) is -0.0462. The summed E-state index contributed by atoms with van der Waals surface area (Å²) in [5, 5.41) is 2.96. The van der Waals surface area contributed by atoms with Crippen LogP contribution in [0.15, 0.2) is 64.0 Å². The van der Waals surface area contributed by atoms with Gasteiger partial charge in [0.2, 0.25) is 0 Å². The molecule has 3 aromatic carbocycles. The third kappa shape index (κ3) is 6.90. The first-order valence-electron chi connectivity index (χ1n) is 11.2. The van der Waals surface area contributed by atoms with Crippen LogP contribution < -0.4 is 14.8 Å². The monoisotopic (exact) mass is 726 g/mol. The number of carbonyl (C=O) groups is 3. The van der Waals surface area contributed by atoms with Gasteiger partial charge in [-0.05, 0) is 116 Å². The van der Waals surface area contributed by atoms with E-state index in [1.54, 1.807) is 30.3 Å². The second-order valence-corrected chi connectivity index (χ2v) is 11.7. The number of rotatable bonds is 8. The minimum absolute atomic E-state index is 0.204. The van der Waals surface area contributed by atoms with E-state index in [0.29, 0.717) is 37.2 Å². The molecule has 7 nitrogen and oxygen atoms in total. The Bertz CT molecular complexity index is 1450. The lowest BCUT2D eigenvalue weighted by molar-refractivity contribution is -0.123. The summed E-state index contributed by atoms with van der Waals surface area (Å²) >= 11 is 12.7. The molecule has 1 fully saturated rings. The van der Waals surface area contributed by atoms with Crippen LogP contribution in [-0.4, -0.2) is 35.7 Å². The van der Waals surface area contributed by atoms with Gasteiger partial charge in [-0.25, -0.2) is 0 Å². The minimum Gasteiger partial charge on any atom is -0.493 e. The summed E-state index contributed by atoms with van der Waals surface area (Å²) in [5.41, 5.74) is 2.96. The van der Waals surface area contributed by atoms with E-state index in [0.717, 1.165) is 26.5 Å². The average molecular weight is 728 g/mol. The smallest absolute Gasteiger partial charge is 0.293 e. The van der Waals surface area contributed by atoms with Gasteiger partial charge in [-0.15, -0.1) is 0 Å². The molecule has 1 N–H and O–H groups in total. The topological polar surface area (TPSA) is 84.9 Å². The van der Waals surface area contributed by atoms with Gasteiger partial charge in [0.15, 0.2) is 18.1 Å². The van der Waals surface area contributed by atoms with Crippen LogP contribution in [-0.2, 0) is 16.1 Å². The number of methoxy groups -OCH3 is 1. The molecule has 0 aliphatic carbocycles. The largest absolute Gasteiger partial charge is 0.493 e. The lowest BCUT2D eigenvalue weighted by Gasteiger charge is -2.14. The number of amides is 3. The SMILES string of the molecule is COc1cc(/C=C2\SC(=O)N(Cc3ccc(I)cc3)C2=O)cc(Br)c1OCC(=O)Nc1ccc(C)c(Cl)c1. The highest BCUT2D eigenvalue weighted by Crippen LogP contribution is 2.39. The Balaban J connectivity index is 1.45. The van der Waals surface area contributed by atoms with E-state index in [4.69, 9.17) is 21.1 Å². The molecule has 0 atom stereocenters. The van der Waals surface area contributed by atoms with E-state index in [1.807, 2.05) is 37.3 Å². The van der Waals surface area contributed by atoms with Crippen molar-refractivity contribution in [1.29, 1.82) is 0 Å². The van der Waals surface area contributed by atoms with Crippen molar-refractivity contribution >= 4 is 90.7 Å². The lowest BCUT2D eigenvalue weighted by Crippen LogP contribution is -2.27. The average Bonchev–Trinajstić information content (AvgIpc) is 3.13. The van der Waals surface area contributed by atoms with E-state index in [1.165, 1.54) is 12.0 Å². The fraction of sp³-hybridized carbons (Fsp3) is 0.148. The van der Waals surface area contributed by atoms with Crippen molar-refractivity contribution in [2.45, 2.75) is 13.5 Å². The molecular formula is C27H21BrClIN2O5S. The third-order valence-electron chi connectivity index (χ3n) is 5.48. The molecule has 1 heterocycles. The summed E-state index contributed by atoms with van der Waals surface area (Å²) < 4.78 is 12.8. The molecule has 38 heavy (non-hydrogen) atoms. The van der Waals surface area contributed by atoms with Crippen molar-refractivity contribution in [3.05, 3.63) is 89.3 Å². The molecule has 0 aromatic heterocycles. The Morgan fingerprint density at radius 3 is 2.58 bits per heavy atom. The fourth-order valence-corrected chi connectivity index (χ4v) is 5.48. The predicted molar refractivity (Wildman–Crippen MR) is 162 cm³/mol. The maximum atomic E-state index is 13.0. The molecule has 1 aliphatic heterocycles. The molecule has 1 saturated heterocycles. The maximum absolute atomic E-state index is 13.0. The Labute approximate surface area is 251 Å². The van der Waals surface area contributed by atoms with E-state index in [2.05, 4.69) is 43.8 Å².